The van der Waals surface area contributed by atoms with E-state index in [9.17, 15) is 8.42 Å². The zero-order valence-electron chi connectivity index (χ0n) is 12.7. The highest BCUT2D eigenvalue weighted by atomic mass is 35.5. The van der Waals surface area contributed by atoms with Gasteiger partial charge in [0, 0.05) is 19.0 Å². The molecule has 1 fully saturated rings. The van der Waals surface area contributed by atoms with Gasteiger partial charge < -0.3 is 4.74 Å². The fourth-order valence-electron chi connectivity index (χ4n) is 2.66. The Bertz CT molecular complexity index is 601. The summed E-state index contributed by atoms with van der Waals surface area (Å²) in [5.41, 5.74) is 0.842. The lowest BCUT2D eigenvalue weighted by molar-refractivity contribution is 0.382. The zero-order valence-corrected chi connectivity index (χ0v) is 14.2. The molecule has 0 amide bonds. The Morgan fingerprint density at radius 1 is 1.43 bits per heavy atom. The largest absolute Gasteiger partial charge is 0.495 e. The van der Waals surface area contributed by atoms with Crippen molar-refractivity contribution in [1.29, 1.82) is 0 Å². The molecule has 21 heavy (non-hydrogen) atoms. The van der Waals surface area contributed by atoms with Crippen molar-refractivity contribution in [3.05, 3.63) is 23.8 Å². The van der Waals surface area contributed by atoms with Crippen LogP contribution in [0, 0.1) is 11.8 Å². The molecule has 6 heteroatoms. The van der Waals surface area contributed by atoms with Crippen LogP contribution in [0.4, 0.5) is 0 Å². The monoisotopic (exact) mass is 331 g/mol. The lowest BCUT2D eigenvalue weighted by atomic mass is 9.96. The maximum absolute atomic E-state index is 12.8. The lowest BCUT2D eigenvalue weighted by Gasteiger charge is -2.19. The summed E-state index contributed by atoms with van der Waals surface area (Å²) in [6.07, 6.45) is 0.916. The molecule has 1 atom stereocenters. The van der Waals surface area contributed by atoms with Crippen LogP contribution in [-0.4, -0.2) is 32.9 Å². The van der Waals surface area contributed by atoms with Gasteiger partial charge >= 0.3 is 0 Å². The first kappa shape index (κ1) is 16.6. The highest BCUT2D eigenvalue weighted by molar-refractivity contribution is 7.89. The van der Waals surface area contributed by atoms with E-state index in [1.54, 1.807) is 22.5 Å². The first-order valence-corrected chi connectivity index (χ1v) is 9.10. The molecule has 118 valence electrons. The number of alkyl halides is 1. The molecule has 0 N–H and O–H groups in total. The SMILES string of the molecule is COc1cc(CCl)ccc1S(=O)(=O)N1CCC(C(C)C)C1. The molecule has 0 aliphatic carbocycles. The number of rotatable bonds is 5. The van der Waals surface area contributed by atoms with E-state index in [0.717, 1.165) is 12.0 Å². The highest BCUT2D eigenvalue weighted by Crippen LogP contribution is 2.33. The average molecular weight is 332 g/mol. The molecule has 2 rings (SSSR count). The predicted octanol–water partition coefficient (Wildman–Crippen LogP) is 3.10. The maximum Gasteiger partial charge on any atom is 0.246 e. The van der Waals surface area contributed by atoms with E-state index >= 15 is 0 Å². The molecule has 0 bridgehead atoms. The minimum Gasteiger partial charge on any atom is -0.495 e. The van der Waals surface area contributed by atoms with Gasteiger partial charge in [-0.1, -0.05) is 19.9 Å². The average Bonchev–Trinajstić information content (AvgIpc) is 2.97. The predicted molar refractivity (Wildman–Crippen MR) is 84.3 cm³/mol. The van der Waals surface area contributed by atoms with Crippen molar-refractivity contribution in [3.63, 3.8) is 0 Å². The molecule has 1 unspecified atom stereocenters. The summed E-state index contributed by atoms with van der Waals surface area (Å²) in [6, 6.07) is 5.02. The number of hydrogen-bond acceptors (Lipinski definition) is 3. The first-order valence-electron chi connectivity index (χ1n) is 7.13. The van der Waals surface area contributed by atoms with Gasteiger partial charge in [0.25, 0.3) is 0 Å². The number of halogens is 1. The number of hydrogen-bond donors (Lipinski definition) is 0. The highest BCUT2D eigenvalue weighted by Gasteiger charge is 2.35. The summed E-state index contributed by atoms with van der Waals surface area (Å²) in [6.45, 7) is 5.43. The summed E-state index contributed by atoms with van der Waals surface area (Å²) >= 11 is 5.79. The topological polar surface area (TPSA) is 46.6 Å². The van der Waals surface area contributed by atoms with Gasteiger partial charge in [0.2, 0.25) is 10.0 Å². The van der Waals surface area contributed by atoms with Gasteiger partial charge in [0.15, 0.2) is 0 Å². The molecular weight excluding hydrogens is 310 g/mol. The van der Waals surface area contributed by atoms with E-state index in [-0.39, 0.29) is 4.90 Å². The molecule has 4 nitrogen and oxygen atoms in total. The van der Waals surface area contributed by atoms with Crippen LogP contribution in [0.15, 0.2) is 23.1 Å². The third kappa shape index (κ3) is 3.35. The summed E-state index contributed by atoms with van der Waals surface area (Å²) in [7, 11) is -2.03. The Morgan fingerprint density at radius 3 is 2.67 bits per heavy atom. The van der Waals surface area contributed by atoms with Crippen LogP contribution in [0.3, 0.4) is 0 Å². The Morgan fingerprint density at radius 2 is 2.14 bits per heavy atom. The molecule has 1 aromatic carbocycles. The number of sulfonamides is 1. The lowest BCUT2D eigenvalue weighted by Crippen LogP contribution is -2.29. The van der Waals surface area contributed by atoms with Gasteiger partial charge in [0.1, 0.15) is 10.6 Å². The van der Waals surface area contributed by atoms with Crippen LogP contribution in [0.5, 0.6) is 5.75 Å². The fraction of sp³-hybridized carbons (Fsp3) is 0.600. The Kier molecular flexibility index (Phi) is 5.17. The third-order valence-corrected chi connectivity index (χ3v) is 6.34. The summed E-state index contributed by atoms with van der Waals surface area (Å²) in [5.74, 6) is 1.61. The second-order valence-corrected chi connectivity index (χ2v) is 7.95. The Balaban J connectivity index is 2.32. The van der Waals surface area contributed by atoms with E-state index in [1.165, 1.54) is 7.11 Å². The standard InChI is InChI=1S/C15H22ClNO3S/c1-11(2)13-6-7-17(10-13)21(18,19)15-5-4-12(9-16)8-14(15)20-3/h4-5,8,11,13H,6-7,9-10H2,1-3H3. The molecule has 0 radical (unpaired) electrons. The van der Waals surface area contributed by atoms with Crippen LogP contribution < -0.4 is 4.74 Å². The second kappa shape index (κ2) is 6.55. The summed E-state index contributed by atoms with van der Waals surface area (Å²) < 4.78 is 32.4. The molecule has 1 saturated heterocycles. The first-order chi connectivity index (χ1) is 9.90. The smallest absolute Gasteiger partial charge is 0.246 e. The normalized spacial score (nSPS) is 20.1. The van der Waals surface area contributed by atoms with E-state index in [4.69, 9.17) is 16.3 Å². The third-order valence-electron chi connectivity index (χ3n) is 4.13. The van der Waals surface area contributed by atoms with Crippen molar-refractivity contribution in [3.8, 4) is 5.75 Å². The minimum atomic E-state index is -3.51. The van der Waals surface area contributed by atoms with Crippen molar-refractivity contribution in [1.82, 2.24) is 4.31 Å². The number of nitrogens with zero attached hydrogens (tertiary/aromatic N) is 1. The Labute approximate surface area is 132 Å². The van der Waals surface area contributed by atoms with E-state index in [0.29, 0.717) is 36.6 Å². The number of methoxy groups -OCH3 is 1. The molecule has 1 aromatic rings. The van der Waals surface area contributed by atoms with Gasteiger partial charge in [-0.15, -0.1) is 11.6 Å². The van der Waals surface area contributed by atoms with E-state index in [1.807, 2.05) is 0 Å². The maximum atomic E-state index is 12.8. The van der Waals surface area contributed by atoms with Gasteiger partial charge in [0.05, 0.1) is 7.11 Å². The van der Waals surface area contributed by atoms with Gasteiger partial charge in [-0.05, 0) is 36.0 Å². The molecule has 0 spiro atoms. The van der Waals surface area contributed by atoms with E-state index < -0.39 is 10.0 Å². The van der Waals surface area contributed by atoms with Crippen molar-refractivity contribution >= 4 is 21.6 Å². The number of benzene rings is 1. The van der Waals surface area contributed by atoms with Crippen LogP contribution in [0.25, 0.3) is 0 Å². The quantitative estimate of drug-likeness (QED) is 0.779. The summed E-state index contributed by atoms with van der Waals surface area (Å²) in [5, 5.41) is 0. The van der Waals surface area contributed by atoms with Crippen LogP contribution in [0.1, 0.15) is 25.8 Å². The molecule has 1 aliphatic rings. The van der Waals surface area contributed by atoms with Gasteiger partial charge in [-0.2, -0.15) is 4.31 Å². The molecule has 0 aromatic heterocycles. The van der Waals surface area contributed by atoms with Crippen LogP contribution in [-0.2, 0) is 15.9 Å². The molecule has 1 heterocycles. The van der Waals surface area contributed by atoms with Crippen molar-refractivity contribution < 1.29 is 13.2 Å². The van der Waals surface area contributed by atoms with Gasteiger partial charge in [-0.25, -0.2) is 8.42 Å². The van der Waals surface area contributed by atoms with E-state index in [2.05, 4.69) is 13.8 Å². The Hall–Kier alpha value is -0.780. The zero-order chi connectivity index (χ0) is 15.6. The molecule has 0 saturated carbocycles. The molecule has 1 aliphatic heterocycles. The van der Waals surface area contributed by atoms with Crippen molar-refractivity contribution in [2.24, 2.45) is 11.8 Å². The van der Waals surface area contributed by atoms with Crippen molar-refractivity contribution in [2.75, 3.05) is 20.2 Å². The molecular formula is C15H22ClNO3S. The van der Waals surface area contributed by atoms with Gasteiger partial charge in [-0.3, -0.25) is 0 Å². The van der Waals surface area contributed by atoms with Crippen LogP contribution in [0.2, 0.25) is 0 Å². The fourth-order valence-corrected chi connectivity index (χ4v) is 4.48. The minimum absolute atomic E-state index is 0.225. The van der Waals surface area contributed by atoms with Crippen molar-refractivity contribution in [2.45, 2.75) is 31.0 Å². The number of ether oxygens (including phenoxy) is 1. The second-order valence-electron chi connectivity index (χ2n) is 5.77. The van der Waals surface area contributed by atoms with Crippen LogP contribution >= 0.6 is 11.6 Å². The summed E-state index contributed by atoms with van der Waals surface area (Å²) in [4.78, 5) is 0.225.